The van der Waals surface area contributed by atoms with Gasteiger partial charge in [0.1, 0.15) is 6.54 Å². The third-order valence-corrected chi connectivity index (χ3v) is 3.47. The zero-order valence-electron chi connectivity index (χ0n) is 14.2. The second kappa shape index (κ2) is 8.36. The first-order chi connectivity index (χ1) is 11.5. The SMILES string of the molecule is CC#CCNC(=O)Nc1cnn(CC(=O)N2C[C@H](C)O[C@@H](C)C2)c1. The molecular weight excluding hydrogens is 310 g/mol. The van der Waals surface area contributed by atoms with Crippen molar-refractivity contribution < 1.29 is 14.3 Å². The number of amides is 3. The van der Waals surface area contributed by atoms with Crippen LogP contribution in [0.25, 0.3) is 0 Å². The maximum Gasteiger partial charge on any atom is 0.320 e. The van der Waals surface area contributed by atoms with E-state index in [1.54, 1.807) is 18.0 Å². The summed E-state index contributed by atoms with van der Waals surface area (Å²) in [6, 6.07) is -0.362. The Morgan fingerprint density at radius 1 is 1.38 bits per heavy atom. The van der Waals surface area contributed by atoms with Crippen molar-refractivity contribution >= 4 is 17.6 Å². The van der Waals surface area contributed by atoms with Crippen LogP contribution in [-0.4, -0.2) is 58.5 Å². The predicted octanol–water partition coefficient (Wildman–Crippen LogP) is 0.664. The van der Waals surface area contributed by atoms with E-state index in [9.17, 15) is 9.59 Å². The summed E-state index contributed by atoms with van der Waals surface area (Å²) in [5.74, 6) is 5.41. The number of rotatable bonds is 4. The van der Waals surface area contributed by atoms with Crippen LogP contribution in [0.5, 0.6) is 0 Å². The summed E-state index contributed by atoms with van der Waals surface area (Å²) >= 11 is 0. The van der Waals surface area contributed by atoms with E-state index in [4.69, 9.17) is 4.74 Å². The van der Waals surface area contributed by atoms with E-state index in [2.05, 4.69) is 27.6 Å². The third kappa shape index (κ3) is 5.28. The molecule has 0 saturated carbocycles. The Kier molecular flexibility index (Phi) is 6.21. The van der Waals surface area contributed by atoms with E-state index >= 15 is 0 Å². The monoisotopic (exact) mass is 333 g/mol. The standard InChI is InChI=1S/C16H23N5O3/c1-4-5-6-17-16(23)19-14-7-18-21(10-14)11-15(22)20-8-12(2)24-13(3)9-20/h7,10,12-13H,6,8-9,11H2,1-3H3,(H2,17,19,23)/t12-,13-/m0/s1. The lowest BCUT2D eigenvalue weighted by Gasteiger charge is -2.35. The van der Waals surface area contributed by atoms with Crippen LogP contribution in [-0.2, 0) is 16.1 Å². The summed E-state index contributed by atoms with van der Waals surface area (Å²) in [6.07, 6.45) is 3.18. The molecule has 0 unspecified atom stereocenters. The lowest BCUT2D eigenvalue weighted by molar-refractivity contribution is -0.144. The topological polar surface area (TPSA) is 88.5 Å². The molecule has 0 aromatic carbocycles. The van der Waals surface area contributed by atoms with Gasteiger partial charge in [-0.25, -0.2) is 4.79 Å². The van der Waals surface area contributed by atoms with E-state index in [1.807, 2.05) is 13.8 Å². The normalized spacial score (nSPS) is 20.0. The largest absolute Gasteiger partial charge is 0.372 e. The van der Waals surface area contributed by atoms with Crippen molar-refractivity contribution in [1.82, 2.24) is 20.0 Å². The molecule has 2 N–H and O–H groups in total. The quantitative estimate of drug-likeness (QED) is 0.793. The van der Waals surface area contributed by atoms with Crippen molar-refractivity contribution in [3.63, 3.8) is 0 Å². The summed E-state index contributed by atoms with van der Waals surface area (Å²) in [5, 5.41) is 9.34. The molecule has 1 fully saturated rings. The highest BCUT2D eigenvalue weighted by Crippen LogP contribution is 2.12. The van der Waals surface area contributed by atoms with Crippen LogP contribution in [0.3, 0.4) is 0 Å². The molecule has 8 nitrogen and oxygen atoms in total. The summed E-state index contributed by atoms with van der Waals surface area (Å²) < 4.78 is 7.13. The second-order valence-corrected chi connectivity index (χ2v) is 5.72. The average Bonchev–Trinajstić information content (AvgIpc) is 2.93. The molecule has 2 atom stereocenters. The number of hydrogen-bond donors (Lipinski definition) is 2. The first-order valence-corrected chi connectivity index (χ1v) is 7.88. The molecule has 0 radical (unpaired) electrons. The maximum absolute atomic E-state index is 12.4. The minimum Gasteiger partial charge on any atom is -0.372 e. The minimum atomic E-state index is -0.362. The van der Waals surface area contributed by atoms with Crippen LogP contribution < -0.4 is 10.6 Å². The van der Waals surface area contributed by atoms with E-state index in [0.717, 1.165) is 0 Å². The van der Waals surface area contributed by atoms with Crippen LogP contribution in [0.4, 0.5) is 10.5 Å². The highest BCUT2D eigenvalue weighted by atomic mass is 16.5. The van der Waals surface area contributed by atoms with Gasteiger partial charge in [0.05, 0.1) is 30.6 Å². The van der Waals surface area contributed by atoms with Gasteiger partial charge in [-0.2, -0.15) is 5.10 Å². The van der Waals surface area contributed by atoms with Gasteiger partial charge < -0.3 is 20.3 Å². The molecule has 2 rings (SSSR count). The van der Waals surface area contributed by atoms with Gasteiger partial charge in [-0.15, -0.1) is 5.92 Å². The lowest BCUT2D eigenvalue weighted by atomic mass is 10.2. The van der Waals surface area contributed by atoms with Crippen LogP contribution in [0.2, 0.25) is 0 Å². The molecule has 1 saturated heterocycles. The molecule has 0 spiro atoms. The number of carbonyl (C=O) groups excluding carboxylic acids is 2. The first kappa shape index (κ1) is 17.8. The number of anilines is 1. The fourth-order valence-electron chi connectivity index (χ4n) is 2.52. The zero-order valence-corrected chi connectivity index (χ0v) is 14.2. The fourth-order valence-corrected chi connectivity index (χ4v) is 2.52. The molecule has 130 valence electrons. The summed E-state index contributed by atoms with van der Waals surface area (Å²) in [4.78, 5) is 25.8. The van der Waals surface area contributed by atoms with Crippen LogP contribution >= 0.6 is 0 Å². The van der Waals surface area contributed by atoms with Crippen molar-refractivity contribution in [1.29, 1.82) is 0 Å². The number of urea groups is 1. The summed E-state index contributed by atoms with van der Waals surface area (Å²) in [6.45, 7) is 7.18. The smallest absolute Gasteiger partial charge is 0.320 e. The number of aromatic nitrogens is 2. The zero-order chi connectivity index (χ0) is 17.5. The van der Waals surface area contributed by atoms with Gasteiger partial charge >= 0.3 is 6.03 Å². The van der Waals surface area contributed by atoms with Crippen molar-refractivity contribution in [2.24, 2.45) is 0 Å². The Morgan fingerprint density at radius 2 is 2.08 bits per heavy atom. The number of ether oxygens (including phenoxy) is 1. The third-order valence-electron chi connectivity index (χ3n) is 3.47. The summed E-state index contributed by atoms with van der Waals surface area (Å²) in [7, 11) is 0. The minimum absolute atomic E-state index is 0.0191. The fraction of sp³-hybridized carbons (Fsp3) is 0.562. The summed E-state index contributed by atoms with van der Waals surface area (Å²) in [5.41, 5.74) is 0.522. The number of carbonyl (C=O) groups is 2. The van der Waals surface area contributed by atoms with Crippen molar-refractivity contribution in [2.45, 2.75) is 39.5 Å². The van der Waals surface area contributed by atoms with Gasteiger partial charge in [-0.1, -0.05) is 5.92 Å². The number of nitrogens with one attached hydrogen (secondary N) is 2. The molecular formula is C16H23N5O3. The van der Waals surface area contributed by atoms with Gasteiger partial charge in [0.25, 0.3) is 0 Å². The molecule has 24 heavy (non-hydrogen) atoms. The van der Waals surface area contributed by atoms with Gasteiger partial charge in [0.15, 0.2) is 0 Å². The van der Waals surface area contributed by atoms with Gasteiger partial charge in [0, 0.05) is 19.3 Å². The lowest BCUT2D eigenvalue weighted by Crippen LogP contribution is -2.49. The van der Waals surface area contributed by atoms with Crippen LogP contribution in [0.1, 0.15) is 20.8 Å². The van der Waals surface area contributed by atoms with E-state index < -0.39 is 0 Å². The van der Waals surface area contributed by atoms with Crippen molar-refractivity contribution in [2.75, 3.05) is 25.0 Å². The predicted molar refractivity (Wildman–Crippen MR) is 89.3 cm³/mol. The van der Waals surface area contributed by atoms with E-state index in [-0.39, 0.29) is 37.2 Å². The van der Waals surface area contributed by atoms with Gasteiger partial charge in [0.2, 0.25) is 5.91 Å². The molecule has 8 heteroatoms. The number of nitrogens with zero attached hydrogens (tertiary/aromatic N) is 3. The molecule has 2 heterocycles. The number of hydrogen-bond acceptors (Lipinski definition) is 4. The Bertz CT molecular complexity index is 636. The van der Waals surface area contributed by atoms with E-state index in [0.29, 0.717) is 18.8 Å². The highest BCUT2D eigenvalue weighted by molar-refractivity contribution is 5.89. The second-order valence-electron chi connectivity index (χ2n) is 5.72. The Hall–Kier alpha value is -2.53. The average molecular weight is 333 g/mol. The van der Waals surface area contributed by atoms with E-state index in [1.165, 1.54) is 10.9 Å². The molecule has 0 bridgehead atoms. The molecule has 0 aliphatic carbocycles. The highest BCUT2D eigenvalue weighted by Gasteiger charge is 2.25. The van der Waals surface area contributed by atoms with Crippen LogP contribution in [0, 0.1) is 11.8 Å². The molecule has 3 amide bonds. The van der Waals surface area contributed by atoms with Gasteiger partial charge in [-0.3, -0.25) is 9.48 Å². The Labute approximate surface area is 141 Å². The Morgan fingerprint density at radius 3 is 2.75 bits per heavy atom. The van der Waals surface area contributed by atoms with Crippen molar-refractivity contribution in [3.05, 3.63) is 12.4 Å². The van der Waals surface area contributed by atoms with Gasteiger partial charge in [-0.05, 0) is 20.8 Å². The molecule has 1 aromatic heterocycles. The Balaban J connectivity index is 1.85. The number of morpholine rings is 1. The van der Waals surface area contributed by atoms with Crippen molar-refractivity contribution in [3.8, 4) is 11.8 Å². The first-order valence-electron chi connectivity index (χ1n) is 7.88. The van der Waals surface area contributed by atoms with Crippen LogP contribution in [0.15, 0.2) is 12.4 Å². The molecule has 1 aliphatic heterocycles. The molecule has 1 aromatic rings. The maximum atomic E-state index is 12.4. The molecule has 1 aliphatic rings.